The van der Waals surface area contributed by atoms with Gasteiger partial charge in [0.1, 0.15) is 17.5 Å². The Labute approximate surface area is 162 Å². The number of fused-ring (bicyclic) bond motifs is 1. The molecular weight excluding hydrogens is 368 g/mol. The van der Waals surface area contributed by atoms with Crippen molar-refractivity contribution in [2.24, 2.45) is 4.99 Å². The van der Waals surface area contributed by atoms with Crippen LogP contribution in [0.1, 0.15) is 31.9 Å². The maximum absolute atomic E-state index is 12.8. The monoisotopic (exact) mass is 390 g/mol. The smallest absolute Gasteiger partial charge is 0.338 e. The summed E-state index contributed by atoms with van der Waals surface area (Å²) < 4.78 is 16.1. The molecule has 8 heteroatoms. The lowest BCUT2D eigenvalue weighted by Crippen LogP contribution is -2.46. The molecule has 1 saturated heterocycles. The third-order valence-electron chi connectivity index (χ3n) is 4.43. The molecule has 0 saturated carbocycles. The minimum atomic E-state index is -0.679. The summed E-state index contributed by atoms with van der Waals surface area (Å²) in [7, 11) is 3.12. The average molecular weight is 390 g/mol. The van der Waals surface area contributed by atoms with E-state index < -0.39 is 12.0 Å². The SMILES string of the molecule is CCOC(=O)C1=C(C)N=C2SCCC(=O)N2[C@@H]1c1cc(OC)ccc1OC. The molecular formula is C19H22N2O5S. The van der Waals surface area contributed by atoms with Crippen LogP contribution in [-0.4, -0.2) is 48.5 Å². The Morgan fingerprint density at radius 1 is 1.33 bits per heavy atom. The highest BCUT2D eigenvalue weighted by Gasteiger charge is 2.42. The first kappa shape index (κ1) is 19.3. The molecule has 0 unspecified atom stereocenters. The predicted molar refractivity (Wildman–Crippen MR) is 103 cm³/mol. The van der Waals surface area contributed by atoms with E-state index in [4.69, 9.17) is 14.2 Å². The molecule has 2 aliphatic heterocycles. The first-order valence-corrected chi connectivity index (χ1v) is 9.63. The van der Waals surface area contributed by atoms with Gasteiger partial charge in [0.2, 0.25) is 5.91 Å². The van der Waals surface area contributed by atoms with Gasteiger partial charge in [-0.05, 0) is 32.0 Å². The highest BCUT2D eigenvalue weighted by molar-refractivity contribution is 8.14. The fourth-order valence-corrected chi connectivity index (χ4v) is 4.22. The topological polar surface area (TPSA) is 77.4 Å². The molecule has 0 radical (unpaired) electrons. The number of allylic oxidation sites excluding steroid dienone is 1. The molecule has 144 valence electrons. The minimum Gasteiger partial charge on any atom is -0.497 e. The number of thioether (sulfide) groups is 1. The third-order valence-corrected chi connectivity index (χ3v) is 5.39. The number of carbonyl (C=O) groups excluding carboxylic acids is 2. The Hall–Kier alpha value is -2.48. The van der Waals surface area contributed by atoms with Gasteiger partial charge >= 0.3 is 5.97 Å². The Balaban J connectivity index is 2.23. The van der Waals surface area contributed by atoms with Crippen LogP contribution in [0.2, 0.25) is 0 Å². The van der Waals surface area contributed by atoms with Crippen LogP contribution >= 0.6 is 11.8 Å². The number of carbonyl (C=O) groups is 2. The summed E-state index contributed by atoms with van der Waals surface area (Å²) in [5.41, 5.74) is 1.53. The van der Waals surface area contributed by atoms with Crippen molar-refractivity contribution in [3.8, 4) is 11.5 Å². The molecule has 7 nitrogen and oxygen atoms in total. The van der Waals surface area contributed by atoms with Gasteiger partial charge in [-0.15, -0.1) is 0 Å². The maximum Gasteiger partial charge on any atom is 0.338 e. The van der Waals surface area contributed by atoms with E-state index in [1.807, 2.05) is 0 Å². The summed E-state index contributed by atoms with van der Waals surface area (Å²) in [6.45, 7) is 3.74. The number of amides is 1. The third kappa shape index (κ3) is 3.53. The van der Waals surface area contributed by atoms with E-state index in [0.29, 0.717) is 45.7 Å². The molecule has 27 heavy (non-hydrogen) atoms. The molecule has 0 spiro atoms. The minimum absolute atomic E-state index is 0.0864. The molecule has 1 amide bonds. The number of hydrogen-bond acceptors (Lipinski definition) is 7. The van der Waals surface area contributed by atoms with Crippen LogP contribution in [0.15, 0.2) is 34.5 Å². The first-order chi connectivity index (χ1) is 13.0. The van der Waals surface area contributed by atoms with E-state index in [1.165, 1.54) is 11.8 Å². The van der Waals surface area contributed by atoms with Gasteiger partial charge in [-0.25, -0.2) is 9.79 Å². The van der Waals surface area contributed by atoms with E-state index in [1.54, 1.807) is 51.2 Å². The maximum atomic E-state index is 12.8. The van der Waals surface area contributed by atoms with Crippen molar-refractivity contribution in [2.75, 3.05) is 26.6 Å². The van der Waals surface area contributed by atoms with E-state index in [0.717, 1.165) is 0 Å². The number of benzene rings is 1. The highest BCUT2D eigenvalue weighted by atomic mass is 32.2. The molecule has 0 N–H and O–H groups in total. The van der Waals surface area contributed by atoms with Crippen LogP contribution < -0.4 is 9.47 Å². The van der Waals surface area contributed by atoms with Crippen LogP contribution in [0.25, 0.3) is 0 Å². The molecule has 1 aromatic rings. The zero-order valence-electron chi connectivity index (χ0n) is 15.8. The lowest BCUT2D eigenvalue weighted by molar-refractivity contribution is -0.139. The van der Waals surface area contributed by atoms with Crippen LogP contribution in [-0.2, 0) is 14.3 Å². The molecule has 0 aliphatic carbocycles. The predicted octanol–water partition coefficient (Wildman–Crippen LogP) is 2.92. The summed E-state index contributed by atoms with van der Waals surface area (Å²) in [5, 5.41) is 0.590. The standard InChI is InChI=1S/C19H22N2O5S/c1-5-26-18(23)16-11(2)20-19-21(15(22)8-9-27-19)17(16)13-10-12(24-3)6-7-14(13)25-4/h6-7,10,17H,5,8-9H2,1-4H3/t17-/m1/s1. The Morgan fingerprint density at radius 2 is 2.11 bits per heavy atom. The number of hydrogen-bond donors (Lipinski definition) is 0. The van der Waals surface area contributed by atoms with Gasteiger partial charge in [-0.1, -0.05) is 11.8 Å². The van der Waals surface area contributed by atoms with E-state index >= 15 is 0 Å². The van der Waals surface area contributed by atoms with Gasteiger partial charge in [0.15, 0.2) is 5.17 Å². The summed E-state index contributed by atoms with van der Waals surface area (Å²) in [6.07, 6.45) is 0.377. The van der Waals surface area contributed by atoms with Gasteiger partial charge in [-0.3, -0.25) is 9.69 Å². The number of nitrogens with zero attached hydrogens (tertiary/aromatic N) is 2. The van der Waals surface area contributed by atoms with Crippen molar-refractivity contribution >= 4 is 28.8 Å². The highest BCUT2D eigenvalue weighted by Crippen LogP contribution is 2.44. The second-order valence-electron chi connectivity index (χ2n) is 5.99. The average Bonchev–Trinajstić information content (AvgIpc) is 2.66. The number of amidine groups is 1. The normalized spacial score (nSPS) is 19.4. The molecule has 0 aromatic heterocycles. The van der Waals surface area contributed by atoms with Crippen LogP contribution in [0.3, 0.4) is 0 Å². The molecule has 3 rings (SSSR count). The van der Waals surface area contributed by atoms with Gasteiger partial charge in [0.05, 0.1) is 32.1 Å². The Kier molecular flexibility index (Phi) is 5.74. The largest absolute Gasteiger partial charge is 0.497 e. The fourth-order valence-electron chi connectivity index (χ4n) is 3.21. The van der Waals surface area contributed by atoms with E-state index in [-0.39, 0.29) is 12.5 Å². The molecule has 2 heterocycles. The van der Waals surface area contributed by atoms with Crippen molar-refractivity contribution in [2.45, 2.75) is 26.3 Å². The van der Waals surface area contributed by atoms with Crippen molar-refractivity contribution < 1.29 is 23.8 Å². The van der Waals surface area contributed by atoms with Gasteiger partial charge in [0, 0.05) is 17.7 Å². The lowest BCUT2D eigenvalue weighted by atomic mass is 9.93. The zero-order valence-corrected chi connectivity index (χ0v) is 16.6. The summed E-state index contributed by atoms with van der Waals surface area (Å²) >= 11 is 1.50. The molecule has 2 aliphatic rings. The lowest BCUT2D eigenvalue weighted by Gasteiger charge is -2.39. The zero-order chi connectivity index (χ0) is 19.6. The summed E-state index contributed by atoms with van der Waals surface area (Å²) in [4.78, 5) is 31.6. The van der Waals surface area contributed by atoms with Crippen molar-refractivity contribution in [1.29, 1.82) is 0 Å². The number of aliphatic imine (C=N–C) groups is 1. The van der Waals surface area contributed by atoms with Gasteiger partial charge < -0.3 is 14.2 Å². The number of esters is 1. The summed E-state index contributed by atoms with van der Waals surface area (Å²) in [6, 6.07) is 4.64. The van der Waals surface area contributed by atoms with Crippen molar-refractivity contribution in [3.63, 3.8) is 0 Å². The van der Waals surface area contributed by atoms with Gasteiger partial charge in [-0.2, -0.15) is 0 Å². The number of ether oxygens (including phenoxy) is 3. The number of rotatable bonds is 5. The molecule has 1 aromatic carbocycles. The van der Waals surface area contributed by atoms with Gasteiger partial charge in [0.25, 0.3) is 0 Å². The quantitative estimate of drug-likeness (QED) is 0.720. The Bertz CT molecular complexity index is 833. The fraction of sp³-hybridized carbons (Fsp3) is 0.421. The second-order valence-corrected chi connectivity index (χ2v) is 7.05. The summed E-state index contributed by atoms with van der Waals surface area (Å²) in [5.74, 6) is 1.25. The van der Waals surface area contributed by atoms with Crippen LogP contribution in [0.4, 0.5) is 0 Å². The second kappa shape index (κ2) is 8.04. The van der Waals surface area contributed by atoms with Crippen LogP contribution in [0.5, 0.6) is 11.5 Å². The molecule has 1 fully saturated rings. The van der Waals surface area contributed by atoms with Crippen molar-refractivity contribution in [1.82, 2.24) is 4.90 Å². The molecule has 1 atom stereocenters. The van der Waals surface area contributed by atoms with E-state index in [9.17, 15) is 9.59 Å². The number of methoxy groups -OCH3 is 2. The van der Waals surface area contributed by atoms with Crippen LogP contribution in [0, 0.1) is 0 Å². The first-order valence-electron chi connectivity index (χ1n) is 8.65. The molecule has 0 bridgehead atoms. The Morgan fingerprint density at radius 3 is 2.78 bits per heavy atom. The van der Waals surface area contributed by atoms with Crippen molar-refractivity contribution in [3.05, 3.63) is 35.0 Å². The van der Waals surface area contributed by atoms with E-state index in [2.05, 4.69) is 4.99 Å².